The SMILES string of the molecule is CCC(C)CN(CC(=O)N1CCN(c2ccc(-c3cccc(OC)c3)nn2)CC1)C(=O)c1ccc(OC)cc1. The van der Waals surface area contributed by atoms with Gasteiger partial charge in [0, 0.05) is 43.9 Å². The number of piperazine rings is 1. The fourth-order valence-corrected chi connectivity index (χ4v) is 4.52. The van der Waals surface area contributed by atoms with Crippen LogP contribution in [0.5, 0.6) is 11.5 Å². The van der Waals surface area contributed by atoms with E-state index in [1.54, 1.807) is 43.4 Å². The van der Waals surface area contributed by atoms with Crippen LogP contribution in [0.1, 0.15) is 30.6 Å². The van der Waals surface area contributed by atoms with E-state index in [1.807, 2.05) is 41.3 Å². The molecule has 0 radical (unpaired) electrons. The molecule has 206 valence electrons. The second-order valence-corrected chi connectivity index (χ2v) is 9.80. The normalized spacial score (nSPS) is 14.1. The van der Waals surface area contributed by atoms with Gasteiger partial charge in [-0.2, -0.15) is 0 Å². The largest absolute Gasteiger partial charge is 0.497 e. The number of hydrogen-bond acceptors (Lipinski definition) is 7. The molecule has 2 amide bonds. The predicted molar refractivity (Wildman–Crippen MR) is 151 cm³/mol. The Morgan fingerprint density at radius 1 is 0.923 bits per heavy atom. The number of hydrogen-bond donors (Lipinski definition) is 0. The molecule has 3 aromatic rings. The average Bonchev–Trinajstić information content (AvgIpc) is 3.00. The van der Waals surface area contributed by atoms with Gasteiger partial charge in [0.15, 0.2) is 5.82 Å². The number of anilines is 1. The van der Waals surface area contributed by atoms with E-state index < -0.39 is 0 Å². The van der Waals surface area contributed by atoms with Crippen molar-refractivity contribution in [3.05, 3.63) is 66.2 Å². The predicted octanol–water partition coefficient (Wildman–Crippen LogP) is 4.00. The molecule has 1 aromatic heterocycles. The van der Waals surface area contributed by atoms with Crippen LogP contribution in [0.4, 0.5) is 5.82 Å². The van der Waals surface area contributed by atoms with E-state index in [2.05, 4.69) is 28.9 Å². The van der Waals surface area contributed by atoms with E-state index in [9.17, 15) is 9.59 Å². The van der Waals surface area contributed by atoms with Crippen molar-refractivity contribution >= 4 is 17.6 Å². The minimum atomic E-state index is -0.142. The molecule has 0 bridgehead atoms. The minimum Gasteiger partial charge on any atom is -0.497 e. The van der Waals surface area contributed by atoms with E-state index in [4.69, 9.17) is 9.47 Å². The lowest BCUT2D eigenvalue weighted by atomic mass is 10.1. The molecule has 9 heteroatoms. The zero-order chi connectivity index (χ0) is 27.8. The molecule has 2 aromatic carbocycles. The molecule has 1 unspecified atom stereocenters. The molecular weight excluding hydrogens is 494 g/mol. The molecule has 2 heterocycles. The zero-order valence-electron chi connectivity index (χ0n) is 23.2. The smallest absolute Gasteiger partial charge is 0.254 e. The van der Waals surface area contributed by atoms with Crippen LogP contribution in [0, 0.1) is 5.92 Å². The fourth-order valence-electron chi connectivity index (χ4n) is 4.52. The van der Waals surface area contributed by atoms with E-state index in [0.29, 0.717) is 44.0 Å². The van der Waals surface area contributed by atoms with Crippen molar-refractivity contribution in [2.24, 2.45) is 5.92 Å². The maximum atomic E-state index is 13.3. The van der Waals surface area contributed by atoms with Crippen LogP contribution in [-0.2, 0) is 4.79 Å². The summed E-state index contributed by atoms with van der Waals surface area (Å²) in [5, 5.41) is 8.84. The van der Waals surface area contributed by atoms with Crippen LogP contribution in [0.15, 0.2) is 60.7 Å². The number of rotatable bonds is 10. The maximum Gasteiger partial charge on any atom is 0.254 e. The highest BCUT2D eigenvalue weighted by Gasteiger charge is 2.26. The number of benzene rings is 2. The highest BCUT2D eigenvalue weighted by Crippen LogP contribution is 2.23. The first-order chi connectivity index (χ1) is 18.9. The molecule has 1 atom stereocenters. The van der Waals surface area contributed by atoms with Gasteiger partial charge in [-0.3, -0.25) is 9.59 Å². The minimum absolute atomic E-state index is 0.0423. The van der Waals surface area contributed by atoms with E-state index in [0.717, 1.165) is 29.2 Å². The average molecular weight is 532 g/mol. The van der Waals surface area contributed by atoms with Crippen molar-refractivity contribution in [2.75, 3.05) is 58.4 Å². The number of aromatic nitrogens is 2. The van der Waals surface area contributed by atoms with Gasteiger partial charge in [-0.15, -0.1) is 10.2 Å². The van der Waals surface area contributed by atoms with Gasteiger partial charge in [-0.25, -0.2) is 0 Å². The summed E-state index contributed by atoms with van der Waals surface area (Å²) in [5.41, 5.74) is 2.26. The van der Waals surface area contributed by atoms with Crippen molar-refractivity contribution in [2.45, 2.75) is 20.3 Å². The topological polar surface area (TPSA) is 88.1 Å². The summed E-state index contributed by atoms with van der Waals surface area (Å²) in [5.74, 6) is 2.34. The van der Waals surface area contributed by atoms with Crippen molar-refractivity contribution in [1.82, 2.24) is 20.0 Å². The van der Waals surface area contributed by atoms with Crippen molar-refractivity contribution < 1.29 is 19.1 Å². The van der Waals surface area contributed by atoms with E-state index >= 15 is 0 Å². The van der Waals surface area contributed by atoms with Gasteiger partial charge >= 0.3 is 0 Å². The lowest BCUT2D eigenvalue weighted by molar-refractivity contribution is -0.132. The summed E-state index contributed by atoms with van der Waals surface area (Å²) in [6.07, 6.45) is 0.927. The van der Waals surface area contributed by atoms with Crippen molar-refractivity contribution in [3.63, 3.8) is 0 Å². The highest BCUT2D eigenvalue weighted by atomic mass is 16.5. The van der Waals surface area contributed by atoms with Crippen LogP contribution in [0.2, 0.25) is 0 Å². The van der Waals surface area contributed by atoms with E-state index in [1.165, 1.54) is 0 Å². The van der Waals surface area contributed by atoms with Gasteiger partial charge < -0.3 is 24.2 Å². The Morgan fingerprint density at radius 2 is 1.64 bits per heavy atom. The van der Waals surface area contributed by atoms with Crippen LogP contribution >= 0.6 is 0 Å². The van der Waals surface area contributed by atoms with Crippen molar-refractivity contribution in [1.29, 1.82) is 0 Å². The molecule has 0 N–H and O–H groups in total. The number of amides is 2. The second kappa shape index (κ2) is 13.1. The van der Waals surface area contributed by atoms with Crippen LogP contribution in [-0.4, -0.2) is 85.3 Å². The Kier molecular flexibility index (Phi) is 9.35. The summed E-state index contributed by atoms with van der Waals surface area (Å²) >= 11 is 0. The van der Waals surface area contributed by atoms with Crippen LogP contribution in [0.25, 0.3) is 11.3 Å². The molecular formula is C30H37N5O4. The molecule has 0 aliphatic carbocycles. The summed E-state index contributed by atoms with van der Waals surface area (Å²) < 4.78 is 10.5. The first-order valence-electron chi connectivity index (χ1n) is 13.4. The van der Waals surface area contributed by atoms with Gasteiger partial charge in [0.05, 0.1) is 19.9 Å². The summed E-state index contributed by atoms with van der Waals surface area (Å²) in [4.78, 5) is 32.2. The number of carbonyl (C=O) groups excluding carboxylic acids is 2. The molecule has 1 aliphatic heterocycles. The Hall–Kier alpha value is -4.14. The first-order valence-corrected chi connectivity index (χ1v) is 13.4. The molecule has 0 spiro atoms. The second-order valence-electron chi connectivity index (χ2n) is 9.80. The summed E-state index contributed by atoms with van der Waals surface area (Å²) in [6, 6.07) is 18.7. The summed E-state index contributed by atoms with van der Waals surface area (Å²) in [6.45, 7) is 7.20. The molecule has 4 rings (SSSR count). The van der Waals surface area contributed by atoms with Gasteiger partial charge in [-0.1, -0.05) is 32.4 Å². The van der Waals surface area contributed by atoms with Crippen LogP contribution in [0.3, 0.4) is 0 Å². The zero-order valence-corrected chi connectivity index (χ0v) is 23.2. The standard InChI is InChI=1S/C30H37N5O4/c1-5-22(2)20-35(30(37)23-9-11-25(38-3)12-10-23)21-29(36)34-17-15-33(16-18-34)28-14-13-27(31-32-28)24-7-6-8-26(19-24)39-4/h6-14,19,22H,5,15-18,20-21H2,1-4H3. The van der Waals surface area contributed by atoms with Gasteiger partial charge in [0.1, 0.15) is 18.0 Å². The van der Waals surface area contributed by atoms with Gasteiger partial charge in [0.25, 0.3) is 5.91 Å². The Morgan fingerprint density at radius 3 is 2.26 bits per heavy atom. The monoisotopic (exact) mass is 531 g/mol. The molecule has 1 aliphatic rings. The number of carbonyl (C=O) groups is 2. The fraction of sp³-hybridized carbons (Fsp3) is 0.400. The number of ether oxygens (including phenoxy) is 2. The highest BCUT2D eigenvalue weighted by molar-refractivity contribution is 5.96. The molecule has 1 fully saturated rings. The lowest BCUT2D eigenvalue weighted by Crippen LogP contribution is -2.52. The molecule has 1 saturated heterocycles. The third-order valence-corrected chi connectivity index (χ3v) is 7.15. The number of nitrogens with zero attached hydrogens (tertiary/aromatic N) is 5. The van der Waals surface area contributed by atoms with Gasteiger partial charge in [0.2, 0.25) is 5.91 Å². The third-order valence-electron chi connectivity index (χ3n) is 7.15. The first kappa shape index (κ1) is 27.9. The maximum absolute atomic E-state index is 13.3. The number of methoxy groups -OCH3 is 2. The van der Waals surface area contributed by atoms with Crippen molar-refractivity contribution in [3.8, 4) is 22.8 Å². The Labute approximate surface area is 230 Å². The van der Waals surface area contributed by atoms with Crippen LogP contribution < -0.4 is 14.4 Å². The Balaban J connectivity index is 1.36. The van der Waals surface area contributed by atoms with E-state index in [-0.39, 0.29) is 24.3 Å². The molecule has 39 heavy (non-hydrogen) atoms. The quantitative estimate of drug-likeness (QED) is 0.391. The molecule has 9 nitrogen and oxygen atoms in total. The third kappa shape index (κ3) is 7.04. The summed E-state index contributed by atoms with van der Waals surface area (Å²) in [7, 11) is 3.23. The molecule has 0 saturated carbocycles. The van der Waals surface area contributed by atoms with Gasteiger partial charge in [-0.05, 0) is 54.4 Å². The Bertz CT molecular complexity index is 1240. The lowest BCUT2D eigenvalue weighted by Gasteiger charge is -2.36.